The van der Waals surface area contributed by atoms with Crippen LogP contribution in [-0.4, -0.2) is 25.7 Å². The van der Waals surface area contributed by atoms with Crippen molar-refractivity contribution in [2.45, 2.75) is 51.2 Å². The van der Waals surface area contributed by atoms with E-state index in [1.165, 1.54) is 24.0 Å². The molecular weight excluding hydrogens is 430 g/mol. The Labute approximate surface area is 158 Å². The third-order valence-electron chi connectivity index (χ3n) is 4.15. The van der Waals surface area contributed by atoms with Gasteiger partial charge in [0.15, 0.2) is 5.96 Å². The van der Waals surface area contributed by atoms with E-state index in [9.17, 15) is 13.2 Å². The lowest BCUT2D eigenvalue weighted by Crippen LogP contribution is -2.40. The molecule has 3 nitrogen and oxygen atoms in total. The SMILES string of the molecule is CN=C(NCCC(F)(F)F)NC(C)c1ccc2c(c1)CCCC2.I. The molecule has 1 aromatic rings. The highest BCUT2D eigenvalue weighted by molar-refractivity contribution is 14.0. The van der Waals surface area contributed by atoms with Crippen LogP contribution in [0.15, 0.2) is 23.2 Å². The van der Waals surface area contributed by atoms with E-state index in [0.29, 0.717) is 5.96 Å². The fraction of sp³-hybridized carbons (Fsp3) is 0.588. The third kappa shape index (κ3) is 6.49. The molecule has 0 fully saturated rings. The molecule has 1 unspecified atom stereocenters. The average Bonchev–Trinajstić information content (AvgIpc) is 2.52. The summed E-state index contributed by atoms with van der Waals surface area (Å²) in [6.07, 6.45) is -0.321. The summed E-state index contributed by atoms with van der Waals surface area (Å²) in [5.41, 5.74) is 3.94. The standard InChI is InChI=1S/C17H24F3N3.HI/c1-12(23-16(21-2)22-10-9-17(18,19)20)14-8-7-13-5-3-4-6-15(13)11-14;/h7-8,11-12H,3-6,9-10H2,1-2H3,(H2,21,22,23);1H. The largest absolute Gasteiger partial charge is 0.390 e. The summed E-state index contributed by atoms with van der Waals surface area (Å²) in [5, 5.41) is 5.86. The van der Waals surface area contributed by atoms with Gasteiger partial charge in [0.05, 0.1) is 12.5 Å². The first-order valence-electron chi connectivity index (χ1n) is 8.04. The zero-order chi connectivity index (χ0) is 16.9. The predicted octanol–water partition coefficient (Wildman–Crippen LogP) is 4.36. The molecule has 0 bridgehead atoms. The Kier molecular flexibility index (Phi) is 8.32. The van der Waals surface area contributed by atoms with Gasteiger partial charge in [0.2, 0.25) is 0 Å². The van der Waals surface area contributed by atoms with Crippen LogP contribution >= 0.6 is 24.0 Å². The highest BCUT2D eigenvalue weighted by atomic mass is 127. The van der Waals surface area contributed by atoms with Crippen molar-refractivity contribution < 1.29 is 13.2 Å². The van der Waals surface area contributed by atoms with Crippen molar-refractivity contribution in [2.24, 2.45) is 4.99 Å². The van der Waals surface area contributed by atoms with Gasteiger partial charge in [-0.05, 0) is 49.3 Å². The molecule has 0 amide bonds. The number of halogens is 4. The maximum absolute atomic E-state index is 12.2. The molecule has 1 aliphatic carbocycles. The normalized spacial score (nSPS) is 16.0. The van der Waals surface area contributed by atoms with Gasteiger partial charge in [0, 0.05) is 13.6 Å². The lowest BCUT2D eigenvalue weighted by molar-refractivity contribution is -0.132. The topological polar surface area (TPSA) is 36.4 Å². The predicted molar refractivity (Wildman–Crippen MR) is 102 cm³/mol. The zero-order valence-electron chi connectivity index (χ0n) is 14.0. The van der Waals surface area contributed by atoms with Crippen molar-refractivity contribution in [2.75, 3.05) is 13.6 Å². The van der Waals surface area contributed by atoms with E-state index < -0.39 is 12.6 Å². The summed E-state index contributed by atoms with van der Waals surface area (Å²) in [5.74, 6) is 0.388. The summed E-state index contributed by atoms with van der Waals surface area (Å²) >= 11 is 0. The molecule has 0 radical (unpaired) electrons. The molecule has 1 aromatic carbocycles. The van der Waals surface area contributed by atoms with E-state index in [1.54, 1.807) is 7.05 Å². The molecule has 24 heavy (non-hydrogen) atoms. The zero-order valence-corrected chi connectivity index (χ0v) is 16.4. The molecule has 0 aliphatic heterocycles. The first-order valence-corrected chi connectivity index (χ1v) is 8.04. The van der Waals surface area contributed by atoms with Crippen molar-refractivity contribution >= 4 is 29.9 Å². The average molecular weight is 455 g/mol. The molecule has 1 aliphatic rings. The second kappa shape index (κ2) is 9.48. The highest BCUT2D eigenvalue weighted by Crippen LogP contribution is 2.24. The molecule has 7 heteroatoms. The van der Waals surface area contributed by atoms with Crippen LogP contribution in [0.3, 0.4) is 0 Å². The van der Waals surface area contributed by atoms with Gasteiger partial charge >= 0.3 is 6.18 Å². The summed E-state index contributed by atoms with van der Waals surface area (Å²) in [6.45, 7) is 1.81. The minimum atomic E-state index is -4.16. The van der Waals surface area contributed by atoms with Gasteiger partial charge in [-0.1, -0.05) is 18.2 Å². The van der Waals surface area contributed by atoms with E-state index in [1.807, 2.05) is 6.92 Å². The second-order valence-corrected chi connectivity index (χ2v) is 5.97. The molecule has 0 saturated carbocycles. The molecule has 0 aromatic heterocycles. The maximum atomic E-state index is 12.2. The van der Waals surface area contributed by atoms with Gasteiger partial charge in [-0.15, -0.1) is 24.0 Å². The fourth-order valence-corrected chi connectivity index (χ4v) is 2.83. The fourth-order valence-electron chi connectivity index (χ4n) is 2.83. The highest BCUT2D eigenvalue weighted by Gasteiger charge is 2.26. The van der Waals surface area contributed by atoms with Crippen molar-refractivity contribution in [3.63, 3.8) is 0 Å². The number of hydrogen-bond donors (Lipinski definition) is 2. The second-order valence-electron chi connectivity index (χ2n) is 5.97. The van der Waals surface area contributed by atoms with Crippen molar-refractivity contribution in [1.29, 1.82) is 0 Å². The number of alkyl halides is 3. The van der Waals surface area contributed by atoms with Crippen LogP contribution in [-0.2, 0) is 12.8 Å². The van der Waals surface area contributed by atoms with E-state index in [2.05, 4.69) is 33.8 Å². The Morgan fingerprint density at radius 1 is 1.21 bits per heavy atom. The van der Waals surface area contributed by atoms with Crippen molar-refractivity contribution in [1.82, 2.24) is 10.6 Å². The molecule has 0 saturated heterocycles. The number of rotatable bonds is 4. The van der Waals surface area contributed by atoms with E-state index in [4.69, 9.17) is 0 Å². The molecule has 2 rings (SSSR count). The summed E-state index contributed by atoms with van der Waals surface area (Å²) in [6, 6.07) is 6.45. The molecule has 2 N–H and O–H groups in total. The van der Waals surface area contributed by atoms with Crippen LogP contribution < -0.4 is 10.6 Å². The Morgan fingerprint density at radius 2 is 1.88 bits per heavy atom. The van der Waals surface area contributed by atoms with Crippen LogP contribution in [0.5, 0.6) is 0 Å². The van der Waals surface area contributed by atoms with Gasteiger partial charge < -0.3 is 10.6 Å². The van der Waals surface area contributed by atoms with Crippen molar-refractivity contribution in [3.8, 4) is 0 Å². The summed E-state index contributed by atoms with van der Waals surface area (Å²) in [7, 11) is 1.56. The first kappa shape index (κ1) is 21.1. The van der Waals surface area contributed by atoms with Crippen LogP contribution in [0, 0.1) is 0 Å². The number of hydrogen-bond acceptors (Lipinski definition) is 1. The lowest BCUT2D eigenvalue weighted by Gasteiger charge is -2.21. The monoisotopic (exact) mass is 455 g/mol. The third-order valence-corrected chi connectivity index (χ3v) is 4.15. The van der Waals surface area contributed by atoms with Crippen LogP contribution in [0.4, 0.5) is 13.2 Å². The number of aryl methyl sites for hydroxylation is 2. The van der Waals surface area contributed by atoms with Crippen LogP contribution in [0.1, 0.15) is 48.9 Å². The van der Waals surface area contributed by atoms with E-state index in [0.717, 1.165) is 18.4 Å². The van der Waals surface area contributed by atoms with Crippen LogP contribution in [0.2, 0.25) is 0 Å². The first-order chi connectivity index (χ1) is 10.9. The van der Waals surface area contributed by atoms with E-state index >= 15 is 0 Å². The number of aliphatic imine (C=N–C) groups is 1. The molecule has 136 valence electrons. The smallest absolute Gasteiger partial charge is 0.356 e. The van der Waals surface area contributed by atoms with Gasteiger partial charge in [0.25, 0.3) is 0 Å². The maximum Gasteiger partial charge on any atom is 0.390 e. The summed E-state index contributed by atoms with van der Waals surface area (Å²) in [4.78, 5) is 3.99. The Hall–Kier alpha value is -0.990. The minimum absolute atomic E-state index is 0. The number of fused-ring (bicyclic) bond motifs is 1. The number of benzene rings is 1. The Balaban J connectivity index is 0.00000288. The van der Waals surface area contributed by atoms with Gasteiger partial charge in [0.1, 0.15) is 0 Å². The van der Waals surface area contributed by atoms with Gasteiger partial charge in [-0.3, -0.25) is 4.99 Å². The molecule has 0 heterocycles. The van der Waals surface area contributed by atoms with Crippen molar-refractivity contribution in [3.05, 3.63) is 34.9 Å². The lowest BCUT2D eigenvalue weighted by atomic mass is 9.89. The van der Waals surface area contributed by atoms with Gasteiger partial charge in [-0.2, -0.15) is 13.2 Å². The molecular formula is C17H25F3IN3. The summed E-state index contributed by atoms with van der Waals surface area (Å²) < 4.78 is 36.6. The molecule has 1 atom stereocenters. The van der Waals surface area contributed by atoms with Crippen LogP contribution in [0.25, 0.3) is 0 Å². The van der Waals surface area contributed by atoms with Gasteiger partial charge in [-0.25, -0.2) is 0 Å². The Morgan fingerprint density at radius 3 is 2.50 bits per heavy atom. The van der Waals surface area contributed by atoms with E-state index in [-0.39, 0.29) is 36.6 Å². The number of nitrogens with one attached hydrogen (secondary N) is 2. The molecule has 0 spiro atoms. The number of nitrogens with zero attached hydrogens (tertiary/aromatic N) is 1. The Bertz CT molecular complexity index is 559. The minimum Gasteiger partial charge on any atom is -0.356 e. The quantitative estimate of drug-likeness (QED) is 0.402. The number of guanidine groups is 1.